The maximum atomic E-state index is 13.1. The number of unbranched alkanes of at least 4 members (excludes halogenated alkanes) is 12. The van der Waals surface area contributed by atoms with Gasteiger partial charge in [-0.2, -0.15) is 0 Å². The van der Waals surface area contributed by atoms with Crippen molar-refractivity contribution in [2.45, 2.75) is 128 Å². The first-order chi connectivity index (χ1) is 19.3. The van der Waals surface area contributed by atoms with Crippen LogP contribution in [0, 0.1) is 0 Å². The molecular formula is C31H54N6O3. The predicted octanol–water partition coefficient (Wildman–Crippen LogP) is 4.22. The molecule has 0 radical (unpaired) electrons. The molecule has 0 aliphatic rings. The largest absolute Gasteiger partial charge is 0.370 e. The fraction of sp³-hybridized carbons (Fsp3) is 0.677. The van der Waals surface area contributed by atoms with Crippen molar-refractivity contribution in [3.8, 4) is 0 Å². The minimum Gasteiger partial charge on any atom is -0.370 e. The van der Waals surface area contributed by atoms with E-state index in [1.807, 2.05) is 30.3 Å². The molecule has 3 amide bonds. The lowest BCUT2D eigenvalue weighted by Crippen LogP contribution is -2.53. The van der Waals surface area contributed by atoms with Gasteiger partial charge < -0.3 is 27.8 Å². The van der Waals surface area contributed by atoms with Gasteiger partial charge in [0.1, 0.15) is 12.1 Å². The van der Waals surface area contributed by atoms with Gasteiger partial charge in [0, 0.05) is 19.4 Å². The Bertz CT molecular complexity index is 858. The minimum atomic E-state index is -0.877. The number of hydrogen-bond donors (Lipinski definition) is 5. The third-order valence-corrected chi connectivity index (χ3v) is 7.05. The molecule has 0 saturated heterocycles. The predicted molar refractivity (Wildman–Crippen MR) is 163 cm³/mol. The van der Waals surface area contributed by atoms with Gasteiger partial charge in [0.2, 0.25) is 17.7 Å². The van der Waals surface area contributed by atoms with Gasteiger partial charge in [-0.25, -0.2) is 0 Å². The van der Waals surface area contributed by atoms with E-state index in [1.165, 1.54) is 64.2 Å². The van der Waals surface area contributed by atoms with E-state index < -0.39 is 23.9 Å². The summed E-state index contributed by atoms with van der Waals surface area (Å²) in [5.41, 5.74) is 17.1. The molecule has 0 fully saturated rings. The van der Waals surface area contributed by atoms with Crippen molar-refractivity contribution in [3.63, 3.8) is 0 Å². The molecule has 0 aliphatic carbocycles. The number of nitrogens with zero attached hydrogens (tertiary/aromatic N) is 1. The summed E-state index contributed by atoms with van der Waals surface area (Å²) in [7, 11) is 0. The second-order valence-corrected chi connectivity index (χ2v) is 10.7. The SMILES string of the molecule is CCCCCCCCCCCCCCCC(=O)N[C@H](Cc1ccccc1)C(=O)NC(CCCN=C(N)N)C(N)=O. The fourth-order valence-corrected chi connectivity index (χ4v) is 4.69. The summed E-state index contributed by atoms with van der Waals surface area (Å²) < 4.78 is 0. The van der Waals surface area contributed by atoms with Gasteiger partial charge in [0.15, 0.2) is 5.96 Å². The van der Waals surface area contributed by atoms with Gasteiger partial charge in [-0.1, -0.05) is 114 Å². The maximum absolute atomic E-state index is 13.1. The van der Waals surface area contributed by atoms with Crippen LogP contribution in [-0.2, 0) is 20.8 Å². The van der Waals surface area contributed by atoms with E-state index in [4.69, 9.17) is 17.2 Å². The molecule has 0 saturated carbocycles. The van der Waals surface area contributed by atoms with E-state index in [2.05, 4.69) is 22.5 Å². The zero-order chi connectivity index (χ0) is 29.4. The Morgan fingerprint density at radius 1 is 0.725 bits per heavy atom. The number of aliphatic imine (C=N–C) groups is 1. The second kappa shape index (κ2) is 22.7. The number of nitrogens with two attached hydrogens (primary N) is 3. The van der Waals surface area contributed by atoms with Crippen LogP contribution in [0.1, 0.15) is 115 Å². The summed E-state index contributed by atoms with van der Waals surface area (Å²) in [4.78, 5) is 41.7. The molecule has 40 heavy (non-hydrogen) atoms. The minimum absolute atomic E-state index is 0.0335. The van der Waals surface area contributed by atoms with Crippen molar-refractivity contribution in [3.05, 3.63) is 35.9 Å². The first kappa shape index (κ1) is 34.9. The molecule has 226 valence electrons. The quantitative estimate of drug-likeness (QED) is 0.0727. The van der Waals surface area contributed by atoms with Crippen LogP contribution in [0.4, 0.5) is 0 Å². The van der Waals surface area contributed by atoms with E-state index >= 15 is 0 Å². The number of benzene rings is 1. The van der Waals surface area contributed by atoms with E-state index in [0.717, 1.165) is 24.8 Å². The van der Waals surface area contributed by atoms with Crippen LogP contribution in [0.15, 0.2) is 35.3 Å². The van der Waals surface area contributed by atoms with Gasteiger partial charge in [-0.3, -0.25) is 19.4 Å². The number of carbonyl (C=O) groups is 3. The Morgan fingerprint density at radius 3 is 1.80 bits per heavy atom. The molecule has 0 heterocycles. The molecule has 2 atom stereocenters. The topological polar surface area (TPSA) is 166 Å². The molecule has 1 aromatic carbocycles. The van der Waals surface area contributed by atoms with Crippen molar-refractivity contribution >= 4 is 23.7 Å². The van der Waals surface area contributed by atoms with Crippen LogP contribution in [0.2, 0.25) is 0 Å². The Balaban J connectivity index is 2.43. The maximum Gasteiger partial charge on any atom is 0.243 e. The summed E-state index contributed by atoms with van der Waals surface area (Å²) in [6, 6.07) is 7.78. The monoisotopic (exact) mass is 558 g/mol. The van der Waals surface area contributed by atoms with Crippen LogP contribution >= 0.6 is 0 Å². The highest BCUT2D eigenvalue weighted by Crippen LogP contribution is 2.13. The lowest BCUT2D eigenvalue weighted by Gasteiger charge is -2.22. The summed E-state index contributed by atoms with van der Waals surface area (Å²) in [5.74, 6) is -1.28. The molecule has 0 bridgehead atoms. The highest BCUT2D eigenvalue weighted by molar-refractivity contribution is 5.91. The first-order valence-electron chi connectivity index (χ1n) is 15.3. The standard InChI is InChI=1S/C31H54N6O3/c1-2-3-4-5-6-7-8-9-10-11-12-13-17-22-28(38)36-27(24-25-19-15-14-16-20-25)30(40)37-26(29(32)39)21-18-23-35-31(33)34/h14-16,19-20,26-27H,2-13,17-18,21-24H2,1H3,(H2,32,39)(H,36,38)(H,37,40)(H4,33,34,35)/t26?,27-/m1/s1. The second-order valence-electron chi connectivity index (χ2n) is 10.7. The van der Waals surface area contributed by atoms with Crippen molar-refractivity contribution in [2.75, 3.05) is 6.54 Å². The number of hydrogen-bond acceptors (Lipinski definition) is 4. The molecule has 0 aromatic heterocycles. The number of primary amides is 1. The van der Waals surface area contributed by atoms with Crippen molar-refractivity contribution in [1.29, 1.82) is 0 Å². The number of amides is 3. The smallest absolute Gasteiger partial charge is 0.243 e. The molecule has 1 unspecified atom stereocenters. The number of guanidine groups is 1. The fourth-order valence-electron chi connectivity index (χ4n) is 4.69. The summed E-state index contributed by atoms with van der Waals surface area (Å²) in [6.45, 7) is 2.57. The third-order valence-electron chi connectivity index (χ3n) is 7.05. The molecule has 0 spiro atoms. The van der Waals surface area contributed by atoms with Gasteiger partial charge in [-0.05, 0) is 24.8 Å². The summed E-state index contributed by atoms with van der Waals surface area (Å²) in [6.07, 6.45) is 17.6. The lowest BCUT2D eigenvalue weighted by molar-refractivity contribution is -0.131. The van der Waals surface area contributed by atoms with Crippen LogP contribution in [-0.4, -0.2) is 42.3 Å². The number of carbonyl (C=O) groups excluding carboxylic acids is 3. The van der Waals surface area contributed by atoms with Gasteiger partial charge in [0.05, 0.1) is 0 Å². The molecule has 1 aromatic rings. The van der Waals surface area contributed by atoms with Crippen LogP contribution < -0.4 is 27.8 Å². The zero-order valence-electron chi connectivity index (χ0n) is 24.7. The van der Waals surface area contributed by atoms with Gasteiger partial charge >= 0.3 is 0 Å². The van der Waals surface area contributed by atoms with E-state index in [-0.39, 0.29) is 11.9 Å². The average molecular weight is 559 g/mol. The van der Waals surface area contributed by atoms with Crippen LogP contribution in [0.25, 0.3) is 0 Å². The van der Waals surface area contributed by atoms with Crippen molar-refractivity contribution in [2.24, 2.45) is 22.2 Å². The third kappa shape index (κ3) is 18.2. The van der Waals surface area contributed by atoms with Crippen molar-refractivity contribution in [1.82, 2.24) is 10.6 Å². The number of rotatable bonds is 24. The Labute approximate surface area is 241 Å². The average Bonchev–Trinajstić information content (AvgIpc) is 2.92. The molecule has 0 aliphatic heterocycles. The molecule has 8 N–H and O–H groups in total. The molecule has 1 rings (SSSR count). The molecule has 9 nitrogen and oxygen atoms in total. The molecular weight excluding hydrogens is 504 g/mol. The Hall–Kier alpha value is -3.10. The van der Waals surface area contributed by atoms with Crippen LogP contribution in [0.5, 0.6) is 0 Å². The zero-order valence-corrected chi connectivity index (χ0v) is 24.7. The van der Waals surface area contributed by atoms with E-state index in [0.29, 0.717) is 32.2 Å². The van der Waals surface area contributed by atoms with E-state index in [1.54, 1.807) is 0 Å². The van der Waals surface area contributed by atoms with Crippen LogP contribution in [0.3, 0.4) is 0 Å². The lowest BCUT2D eigenvalue weighted by atomic mass is 10.0. The molecule has 9 heteroatoms. The highest BCUT2D eigenvalue weighted by atomic mass is 16.2. The number of nitrogens with one attached hydrogen (secondary N) is 2. The van der Waals surface area contributed by atoms with Gasteiger partial charge in [0.25, 0.3) is 0 Å². The first-order valence-corrected chi connectivity index (χ1v) is 15.3. The van der Waals surface area contributed by atoms with Gasteiger partial charge in [-0.15, -0.1) is 0 Å². The van der Waals surface area contributed by atoms with Crippen molar-refractivity contribution < 1.29 is 14.4 Å². The Kier molecular flexibility index (Phi) is 19.8. The summed E-state index contributed by atoms with van der Waals surface area (Å²) >= 11 is 0. The Morgan fingerprint density at radius 2 is 1.27 bits per heavy atom. The van der Waals surface area contributed by atoms with E-state index in [9.17, 15) is 14.4 Å². The highest BCUT2D eigenvalue weighted by Gasteiger charge is 2.25. The normalized spacial score (nSPS) is 12.3. The summed E-state index contributed by atoms with van der Waals surface area (Å²) in [5, 5.41) is 5.59.